The molecule has 2 heterocycles. The number of amides is 3. The molecule has 1 aliphatic heterocycles. The molecule has 144 valence electrons. The van der Waals surface area contributed by atoms with Crippen LogP contribution in [0.5, 0.6) is 0 Å². The lowest BCUT2D eigenvalue weighted by molar-refractivity contribution is -0.115. The summed E-state index contributed by atoms with van der Waals surface area (Å²) in [6.07, 6.45) is 2.29. The van der Waals surface area contributed by atoms with Crippen molar-refractivity contribution < 1.29 is 9.59 Å². The van der Waals surface area contributed by atoms with Crippen molar-refractivity contribution in [3.63, 3.8) is 0 Å². The van der Waals surface area contributed by atoms with Gasteiger partial charge in [-0.1, -0.05) is 37.6 Å². The van der Waals surface area contributed by atoms with E-state index in [1.165, 1.54) is 0 Å². The van der Waals surface area contributed by atoms with Gasteiger partial charge in [0.2, 0.25) is 5.91 Å². The van der Waals surface area contributed by atoms with Crippen molar-refractivity contribution in [3.8, 4) is 0 Å². The number of anilines is 1. The third-order valence-electron chi connectivity index (χ3n) is 4.60. The minimum absolute atomic E-state index is 0.109. The summed E-state index contributed by atoms with van der Waals surface area (Å²) in [5.41, 5.74) is 6.71. The van der Waals surface area contributed by atoms with Gasteiger partial charge in [0.05, 0.1) is 18.7 Å². The van der Waals surface area contributed by atoms with Crippen molar-refractivity contribution in [1.29, 1.82) is 0 Å². The number of urea groups is 1. The summed E-state index contributed by atoms with van der Waals surface area (Å²) < 4.78 is 0. The first-order valence-corrected chi connectivity index (χ1v) is 9.26. The molecule has 0 fully saturated rings. The van der Waals surface area contributed by atoms with E-state index < -0.39 is 0 Å². The summed E-state index contributed by atoms with van der Waals surface area (Å²) in [6.45, 7) is 5.74. The predicted octanol–water partition coefficient (Wildman–Crippen LogP) is 2.23. The van der Waals surface area contributed by atoms with Gasteiger partial charge in [0.15, 0.2) is 5.82 Å². The fourth-order valence-electron chi connectivity index (χ4n) is 3.04. The molecular weight excluding hydrogens is 344 g/mol. The Morgan fingerprint density at radius 3 is 2.85 bits per heavy atom. The lowest BCUT2D eigenvalue weighted by Crippen LogP contribution is -2.45. The average molecular weight is 370 g/mol. The number of H-pyrrole nitrogens is 1. The zero-order valence-corrected chi connectivity index (χ0v) is 15.8. The highest BCUT2D eigenvalue weighted by molar-refractivity contribution is 5.92. The number of carbonyl (C=O) groups excluding carboxylic acids is 2. The number of fused-ring (bicyclic) bond motifs is 1. The van der Waals surface area contributed by atoms with Crippen molar-refractivity contribution in [2.45, 2.75) is 46.2 Å². The van der Waals surface area contributed by atoms with E-state index in [1.54, 1.807) is 5.01 Å². The van der Waals surface area contributed by atoms with Crippen LogP contribution in [0.15, 0.2) is 24.3 Å². The van der Waals surface area contributed by atoms with Crippen LogP contribution in [-0.2, 0) is 24.3 Å². The highest BCUT2D eigenvalue weighted by Gasteiger charge is 2.26. The maximum atomic E-state index is 12.4. The first-order chi connectivity index (χ1) is 13.1. The Kier molecular flexibility index (Phi) is 6.08. The minimum atomic E-state index is -0.216. The molecule has 0 spiro atoms. The van der Waals surface area contributed by atoms with Gasteiger partial charge in [-0.05, 0) is 24.5 Å². The second kappa shape index (κ2) is 8.68. The lowest BCUT2D eigenvalue weighted by Gasteiger charge is -2.17. The molecular formula is C19H26N6O2. The van der Waals surface area contributed by atoms with Crippen LogP contribution in [0.4, 0.5) is 10.6 Å². The van der Waals surface area contributed by atoms with Crippen LogP contribution in [0.25, 0.3) is 0 Å². The molecule has 3 rings (SSSR count). The van der Waals surface area contributed by atoms with E-state index in [0.717, 1.165) is 35.2 Å². The van der Waals surface area contributed by atoms with Crippen LogP contribution >= 0.6 is 0 Å². The van der Waals surface area contributed by atoms with Gasteiger partial charge in [-0.15, -0.1) is 0 Å². The number of hydrogen-bond donors (Lipinski definition) is 4. The molecule has 0 unspecified atom stereocenters. The van der Waals surface area contributed by atoms with Gasteiger partial charge >= 0.3 is 6.03 Å². The normalized spacial score (nSPS) is 13.3. The molecule has 0 saturated carbocycles. The van der Waals surface area contributed by atoms with Gasteiger partial charge in [-0.2, -0.15) is 5.10 Å². The van der Waals surface area contributed by atoms with E-state index in [1.807, 2.05) is 31.2 Å². The number of carbonyl (C=O) groups is 2. The third-order valence-corrected chi connectivity index (χ3v) is 4.60. The van der Waals surface area contributed by atoms with Crippen LogP contribution < -0.4 is 16.1 Å². The molecule has 3 amide bonds. The number of unbranched alkanes of at least 4 members (excludes halogenated alkanes) is 1. The standard InChI is InChI=1S/C19H26N6O2/c1-3-4-9-20-19(27)24-25-11-15-16(12-25)22-23-18(15)21-17(26)10-14-8-6-5-7-13(14)2/h5-8H,3-4,9-12H2,1-2H3,(H2,20,24,27)(H2,21,22,23,26). The molecule has 0 radical (unpaired) electrons. The van der Waals surface area contributed by atoms with Crippen molar-refractivity contribution in [2.24, 2.45) is 0 Å². The average Bonchev–Trinajstić information content (AvgIpc) is 3.18. The molecule has 4 N–H and O–H groups in total. The van der Waals surface area contributed by atoms with Crippen LogP contribution in [0.3, 0.4) is 0 Å². The van der Waals surface area contributed by atoms with E-state index in [2.05, 4.69) is 33.2 Å². The smallest absolute Gasteiger partial charge is 0.329 e. The Bertz CT molecular complexity index is 816. The summed E-state index contributed by atoms with van der Waals surface area (Å²) in [4.78, 5) is 24.3. The van der Waals surface area contributed by atoms with Gasteiger partial charge in [-0.3, -0.25) is 15.3 Å². The molecule has 0 bridgehead atoms. The first-order valence-electron chi connectivity index (χ1n) is 9.26. The Morgan fingerprint density at radius 1 is 1.26 bits per heavy atom. The fraction of sp³-hybridized carbons (Fsp3) is 0.421. The van der Waals surface area contributed by atoms with Crippen LogP contribution in [0, 0.1) is 6.92 Å². The Morgan fingerprint density at radius 2 is 2.07 bits per heavy atom. The van der Waals surface area contributed by atoms with Crippen molar-refractivity contribution >= 4 is 17.8 Å². The SMILES string of the molecule is CCCCNC(=O)NN1Cc2[nH]nc(NC(=O)Cc3ccccc3C)c2C1. The minimum Gasteiger partial charge on any atom is -0.337 e. The molecule has 0 aliphatic carbocycles. The Labute approximate surface area is 158 Å². The molecule has 0 atom stereocenters. The maximum absolute atomic E-state index is 12.4. The number of nitrogens with one attached hydrogen (secondary N) is 4. The van der Waals surface area contributed by atoms with E-state index in [-0.39, 0.29) is 11.9 Å². The van der Waals surface area contributed by atoms with E-state index >= 15 is 0 Å². The molecule has 0 saturated heterocycles. The lowest BCUT2D eigenvalue weighted by atomic mass is 10.1. The van der Waals surface area contributed by atoms with Crippen LogP contribution in [0.2, 0.25) is 0 Å². The highest BCUT2D eigenvalue weighted by atomic mass is 16.2. The van der Waals surface area contributed by atoms with Gasteiger partial charge in [-0.25, -0.2) is 9.80 Å². The molecule has 8 nitrogen and oxygen atoms in total. The molecule has 1 aliphatic rings. The van der Waals surface area contributed by atoms with Gasteiger partial charge in [0.25, 0.3) is 0 Å². The topological polar surface area (TPSA) is 102 Å². The third kappa shape index (κ3) is 4.85. The number of nitrogens with zero attached hydrogens (tertiary/aromatic N) is 2. The number of aromatic amines is 1. The van der Waals surface area contributed by atoms with E-state index in [4.69, 9.17) is 0 Å². The van der Waals surface area contributed by atoms with Crippen LogP contribution in [-0.4, -0.2) is 33.7 Å². The van der Waals surface area contributed by atoms with Gasteiger partial charge in [0, 0.05) is 18.7 Å². The summed E-state index contributed by atoms with van der Waals surface area (Å²) in [7, 11) is 0. The predicted molar refractivity (Wildman–Crippen MR) is 103 cm³/mol. The second-order valence-corrected chi connectivity index (χ2v) is 6.76. The first kappa shape index (κ1) is 18.9. The molecule has 2 aromatic rings. The Balaban J connectivity index is 1.54. The van der Waals surface area contributed by atoms with Gasteiger partial charge in [0.1, 0.15) is 0 Å². The van der Waals surface area contributed by atoms with Crippen molar-refractivity contribution in [2.75, 3.05) is 11.9 Å². The zero-order valence-electron chi connectivity index (χ0n) is 15.8. The molecule has 1 aromatic heterocycles. The number of aromatic nitrogens is 2. The second-order valence-electron chi connectivity index (χ2n) is 6.76. The zero-order chi connectivity index (χ0) is 19.2. The van der Waals surface area contributed by atoms with E-state index in [9.17, 15) is 9.59 Å². The molecule has 27 heavy (non-hydrogen) atoms. The summed E-state index contributed by atoms with van der Waals surface area (Å²) >= 11 is 0. The largest absolute Gasteiger partial charge is 0.337 e. The number of hydrazine groups is 1. The monoisotopic (exact) mass is 370 g/mol. The number of aryl methyl sites for hydroxylation is 1. The van der Waals surface area contributed by atoms with Gasteiger partial charge < -0.3 is 10.6 Å². The quantitative estimate of drug-likeness (QED) is 0.561. The molecule has 1 aromatic carbocycles. The maximum Gasteiger partial charge on any atom is 0.329 e. The number of hydrogen-bond acceptors (Lipinski definition) is 4. The Hall–Kier alpha value is -2.87. The highest BCUT2D eigenvalue weighted by Crippen LogP contribution is 2.25. The summed E-state index contributed by atoms with van der Waals surface area (Å²) in [5.74, 6) is 0.418. The van der Waals surface area contributed by atoms with Crippen molar-refractivity contribution in [3.05, 3.63) is 46.6 Å². The fourth-order valence-corrected chi connectivity index (χ4v) is 3.04. The summed E-state index contributed by atoms with van der Waals surface area (Å²) in [5, 5.41) is 14.6. The van der Waals surface area contributed by atoms with Crippen LogP contribution in [0.1, 0.15) is 42.1 Å². The summed E-state index contributed by atoms with van der Waals surface area (Å²) in [6, 6.07) is 7.61. The number of benzene rings is 1. The van der Waals surface area contributed by atoms with Crippen molar-refractivity contribution in [1.82, 2.24) is 25.9 Å². The van der Waals surface area contributed by atoms with E-state index in [0.29, 0.717) is 31.9 Å². The molecule has 8 heteroatoms. The number of rotatable bonds is 7.